The number of piperidine rings is 1. The number of amides is 2. The van der Waals surface area contributed by atoms with Crippen molar-refractivity contribution in [2.75, 3.05) is 23.7 Å². The lowest BCUT2D eigenvalue weighted by atomic mass is 9.85. The van der Waals surface area contributed by atoms with Crippen molar-refractivity contribution in [2.45, 2.75) is 33.1 Å². The van der Waals surface area contributed by atoms with Gasteiger partial charge in [-0.25, -0.2) is 0 Å². The molecule has 1 heterocycles. The molecule has 2 atom stereocenters. The summed E-state index contributed by atoms with van der Waals surface area (Å²) in [7, 11) is 0. The number of carbonyl (C=O) groups excluding carboxylic acids is 2. The minimum absolute atomic E-state index is 0.0210. The largest absolute Gasteiger partial charge is 0.326 e. The normalized spacial score (nSPS) is 17.6. The van der Waals surface area contributed by atoms with Crippen LogP contribution in [0.3, 0.4) is 0 Å². The molecule has 1 fully saturated rings. The molecule has 1 aliphatic heterocycles. The topological polar surface area (TPSA) is 70.2 Å². The van der Waals surface area contributed by atoms with E-state index in [0.717, 1.165) is 24.3 Å². The van der Waals surface area contributed by atoms with Gasteiger partial charge in [0.25, 0.3) is 5.91 Å². The van der Waals surface area contributed by atoms with E-state index < -0.39 is 0 Å². The second kappa shape index (κ2) is 9.51. The summed E-state index contributed by atoms with van der Waals surface area (Å²) in [5.41, 5.74) is 2.98. The average molecular weight is 380 g/mol. The van der Waals surface area contributed by atoms with E-state index in [4.69, 9.17) is 0 Å². The second-order valence-electron chi connectivity index (χ2n) is 7.69. The number of carbonyl (C=O) groups is 2. The molecule has 3 N–H and O–H groups in total. The zero-order valence-corrected chi connectivity index (χ0v) is 16.6. The monoisotopic (exact) mass is 379 g/mol. The summed E-state index contributed by atoms with van der Waals surface area (Å²) in [5, 5.41) is 9.33. The van der Waals surface area contributed by atoms with Gasteiger partial charge in [-0.05, 0) is 74.5 Å². The highest BCUT2D eigenvalue weighted by Gasteiger charge is 2.22. The molecular weight excluding hydrogens is 350 g/mol. The van der Waals surface area contributed by atoms with Gasteiger partial charge in [-0.15, -0.1) is 0 Å². The molecule has 1 aliphatic rings. The number of nitrogens with one attached hydrogen (secondary N) is 3. The van der Waals surface area contributed by atoms with E-state index in [-0.39, 0.29) is 11.8 Å². The van der Waals surface area contributed by atoms with Crippen LogP contribution in [0.2, 0.25) is 0 Å². The molecule has 2 aromatic carbocycles. The Kier molecular flexibility index (Phi) is 6.82. The molecule has 0 aliphatic carbocycles. The number of rotatable bonds is 6. The van der Waals surface area contributed by atoms with Crippen molar-refractivity contribution in [3.63, 3.8) is 0 Å². The van der Waals surface area contributed by atoms with E-state index in [1.165, 1.54) is 12.8 Å². The van der Waals surface area contributed by atoms with E-state index in [1.807, 2.05) is 43.3 Å². The van der Waals surface area contributed by atoms with Gasteiger partial charge >= 0.3 is 0 Å². The molecule has 5 nitrogen and oxygen atoms in total. The van der Waals surface area contributed by atoms with Crippen LogP contribution in [0, 0.1) is 18.8 Å². The quantitative estimate of drug-likeness (QED) is 0.704. The van der Waals surface area contributed by atoms with Gasteiger partial charge in [-0.2, -0.15) is 0 Å². The van der Waals surface area contributed by atoms with Crippen LogP contribution in [-0.2, 0) is 4.79 Å². The molecule has 148 valence electrons. The van der Waals surface area contributed by atoms with E-state index in [2.05, 4.69) is 22.9 Å². The molecule has 0 radical (unpaired) electrons. The van der Waals surface area contributed by atoms with Gasteiger partial charge in [0.05, 0.1) is 0 Å². The highest BCUT2D eigenvalue weighted by Crippen LogP contribution is 2.25. The third-order valence-corrected chi connectivity index (χ3v) is 5.45. The minimum atomic E-state index is -0.167. The Bertz CT molecular complexity index is 814. The molecule has 0 aromatic heterocycles. The molecule has 2 amide bonds. The predicted octanol–water partition coefficient (Wildman–Crippen LogP) is 4.21. The zero-order valence-electron chi connectivity index (χ0n) is 16.6. The summed E-state index contributed by atoms with van der Waals surface area (Å²) < 4.78 is 0. The predicted molar refractivity (Wildman–Crippen MR) is 114 cm³/mol. The first-order chi connectivity index (χ1) is 13.5. The third-order valence-electron chi connectivity index (χ3n) is 5.45. The van der Waals surface area contributed by atoms with Crippen LogP contribution in [-0.4, -0.2) is 24.9 Å². The fraction of sp³-hybridized carbons (Fsp3) is 0.391. The van der Waals surface area contributed by atoms with Crippen LogP contribution in [0.1, 0.15) is 42.1 Å². The van der Waals surface area contributed by atoms with Crippen molar-refractivity contribution in [3.05, 3.63) is 59.7 Å². The first kappa shape index (κ1) is 20.1. The van der Waals surface area contributed by atoms with Crippen molar-refractivity contribution < 1.29 is 9.59 Å². The van der Waals surface area contributed by atoms with Crippen molar-refractivity contribution >= 4 is 23.2 Å². The van der Waals surface area contributed by atoms with Gasteiger partial charge in [0.15, 0.2) is 0 Å². The SMILES string of the molecule is Cc1ccc(NC(=O)c2ccccc2)cc1NC(=O)CC(C)C1CCCNC1. The Morgan fingerprint density at radius 3 is 2.64 bits per heavy atom. The number of anilines is 2. The molecule has 0 saturated carbocycles. The molecule has 5 heteroatoms. The summed E-state index contributed by atoms with van der Waals surface area (Å²) >= 11 is 0. The van der Waals surface area contributed by atoms with Crippen molar-refractivity contribution in [1.29, 1.82) is 0 Å². The lowest BCUT2D eigenvalue weighted by molar-refractivity contribution is -0.117. The van der Waals surface area contributed by atoms with Crippen molar-refractivity contribution in [3.8, 4) is 0 Å². The number of hydrogen-bond acceptors (Lipinski definition) is 3. The van der Waals surface area contributed by atoms with E-state index in [9.17, 15) is 9.59 Å². The van der Waals surface area contributed by atoms with Crippen LogP contribution in [0.15, 0.2) is 48.5 Å². The summed E-state index contributed by atoms with van der Waals surface area (Å²) in [5.74, 6) is 0.749. The van der Waals surface area contributed by atoms with Gasteiger partial charge in [0.2, 0.25) is 5.91 Å². The molecule has 1 saturated heterocycles. The zero-order chi connectivity index (χ0) is 19.9. The molecule has 2 aromatic rings. The Labute approximate surface area is 166 Å². The highest BCUT2D eigenvalue weighted by molar-refractivity contribution is 6.04. The Morgan fingerprint density at radius 2 is 1.93 bits per heavy atom. The van der Waals surface area contributed by atoms with Gasteiger partial charge in [-0.3, -0.25) is 9.59 Å². The van der Waals surface area contributed by atoms with Crippen LogP contribution in [0.5, 0.6) is 0 Å². The first-order valence-electron chi connectivity index (χ1n) is 10.0. The second-order valence-corrected chi connectivity index (χ2v) is 7.69. The summed E-state index contributed by atoms with van der Waals surface area (Å²) in [4.78, 5) is 24.9. The maximum atomic E-state index is 12.6. The molecular formula is C23H29N3O2. The maximum Gasteiger partial charge on any atom is 0.255 e. The molecule has 28 heavy (non-hydrogen) atoms. The summed E-state index contributed by atoms with van der Waals surface area (Å²) in [6.45, 7) is 6.18. The Hall–Kier alpha value is -2.66. The summed E-state index contributed by atoms with van der Waals surface area (Å²) in [6.07, 6.45) is 2.87. The molecule has 3 rings (SSSR count). The van der Waals surface area contributed by atoms with Crippen LogP contribution < -0.4 is 16.0 Å². The van der Waals surface area contributed by atoms with E-state index in [0.29, 0.717) is 29.5 Å². The van der Waals surface area contributed by atoms with E-state index in [1.54, 1.807) is 12.1 Å². The first-order valence-corrected chi connectivity index (χ1v) is 10.0. The number of aryl methyl sites for hydroxylation is 1. The minimum Gasteiger partial charge on any atom is -0.326 e. The maximum absolute atomic E-state index is 12.6. The number of benzene rings is 2. The van der Waals surface area contributed by atoms with Gasteiger partial charge in [0, 0.05) is 23.4 Å². The Morgan fingerprint density at radius 1 is 1.14 bits per heavy atom. The fourth-order valence-corrected chi connectivity index (χ4v) is 3.65. The Balaban J connectivity index is 1.61. The lowest BCUT2D eigenvalue weighted by Gasteiger charge is -2.28. The van der Waals surface area contributed by atoms with Gasteiger partial charge in [0.1, 0.15) is 0 Å². The van der Waals surface area contributed by atoms with Gasteiger partial charge < -0.3 is 16.0 Å². The van der Waals surface area contributed by atoms with Crippen molar-refractivity contribution in [1.82, 2.24) is 5.32 Å². The van der Waals surface area contributed by atoms with Crippen LogP contribution >= 0.6 is 0 Å². The van der Waals surface area contributed by atoms with Gasteiger partial charge in [-0.1, -0.05) is 31.2 Å². The molecule has 0 spiro atoms. The van der Waals surface area contributed by atoms with E-state index >= 15 is 0 Å². The fourth-order valence-electron chi connectivity index (χ4n) is 3.65. The standard InChI is InChI=1S/C23H29N3O2/c1-16-10-11-20(25-23(28)18-7-4-3-5-8-18)14-21(16)26-22(27)13-17(2)19-9-6-12-24-15-19/h3-5,7-8,10-11,14,17,19,24H,6,9,12-13,15H2,1-2H3,(H,25,28)(H,26,27). The van der Waals surface area contributed by atoms with Crippen LogP contribution in [0.4, 0.5) is 11.4 Å². The van der Waals surface area contributed by atoms with Crippen LogP contribution in [0.25, 0.3) is 0 Å². The molecule has 2 unspecified atom stereocenters. The number of hydrogen-bond donors (Lipinski definition) is 3. The highest BCUT2D eigenvalue weighted by atomic mass is 16.2. The smallest absolute Gasteiger partial charge is 0.255 e. The molecule has 0 bridgehead atoms. The average Bonchev–Trinajstić information content (AvgIpc) is 2.71. The van der Waals surface area contributed by atoms with Crippen molar-refractivity contribution in [2.24, 2.45) is 11.8 Å². The third kappa shape index (κ3) is 5.42. The lowest BCUT2D eigenvalue weighted by Crippen LogP contribution is -2.34. The summed E-state index contributed by atoms with van der Waals surface area (Å²) in [6, 6.07) is 14.7.